The fourth-order valence-electron chi connectivity index (χ4n) is 1.13. The van der Waals surface area contributed by atoms with E-state index in [9.17, 15) is 0 Å². The Morgan fingerprint density at radius 1 is 1.43 bits per heavy atom. The molecule has 2 aromatic heterocycles. The molecule has 2 N–H and O–H groups in total. The standard InChI is InChI=1S/C9H11N5/c1-7-3-2-4-8(13-7)10-5-9-11-6-12-14-9/h2-4,6H,5H2,1H3,(H,10,13)(H,11,12,14). The summed E-state index contributed by atoms with van der Waals surface area (Å²) in [6.07, 6.45) is 1.49. The summed E-state index contributed by atoms with van der Waals surface area (Å²) in [5.74, 6) is 1.65. The number of hydrogen-bond donors (Lipinski definition) is 2. The van der Waals surface area contributed by atoms with Gasteiger partial charge in [-0.25, -0.2) is 9.97 Å². The van der Waals surface area contributed by atoms with Crippen LogP contribution >= 0.6 is 0 Å². The van der Waals surface area contributed by atoms with Crippen molar-refractivity contribution in [2.24, 2.45) is 0 Å². The van der Waals surface area contributed by atoms with Crippen LogP contribution in [0.3, 0.4) is 0 Å². The highest BCUT2D eigenvalue weighted by Crippen LogP contribution is 2.04. The Morgan fingerprint density at radius 2 is 2.36 bits per heavy atom. The van der Waals surface area contributed by atoms with E-state index in [1.54, 1.807) is 0 Å². The Kier molecular flexibility index (Phi) is 2.40. The zero-order valence-electron chi connectivity index (χ0n) is 7.86. The lowest BCUT2D eigenvalue weighted by atomic mass is 10.4. The highest BCUT2D eigenvalue weighted by molar-refractivity contribution is 5.34. The first-order chi connectivity index (χ1) is 6.84. The number of nitrogens with zero attached hydrogens (tertiary/aromatic N) is 3. The lowest BCUT2D eigenvalue weighted by Gasteiger charge is -2.03. The molecule has 0 saturated heterocycles. The minimum absolute atomic E-state index is 0.608. The minimum Gasteiger partial charge on any atom is -0.363 e. The van der Waals surface area contributed by atoms with Gasteiger partial charge in [-0.3, -0.25) is 5.10 Å². The molecule has 0 aliphatic heterocycles. The van der Waals surface area contributed by atoms with E-state index in [0.29, 0.717) is 6.54 Å². The van der Waals surface area contributed by atoms with Crippen LogP contribution in [0.15, 0.2) is 24.5 Å². The van der Waals surface area contributed by atoms with E-state index in [2.05, 4.69) is 25.5 Å². The van der Waals surface area contributed by atoms with E-state index in [4.69, 9.17) is 0 Å². The van der Waals surface area contributed by atoms with Crippen molar-refractivity contribution in [3.8, 4) is 0 Å². The number of rotatable bonds is 3. The number of H-pyrrole nitrogens is 1. The first kappa shape index (κ1) is 8.68. The summed E-state index contributed by atoms with van der Waals surface area (Å²) in [6, 6.07) is 5.84. The molecule has 0 unspecified atom stereocenters. The monoisotopic (exact) mass is 189 g/mol. The van der Waals surface area contributed by atoms with Crippen LogP contribution in [-0.4, -0.2) is 20.2 Å². The van der Waals surface area contributed by atoms with Crippen LogP contribution in [0.25, 0.3) is 0 Å². The number of aromatic nitrogens is 4. The summed E-state index contributed by atoms with van der Waals surface area (Å²) in [5.41, 5.74) is 0.993. The van der Waals surface area contributed by atoms with Crippen molar-refractivity contribution in [3.63, 3.8) is 0 Å². The smallest absolute Gasteiger partial charge is 0.143 e. The summed E-state index contributed by atoms with van der Waals surface area (Å²) in [5, 5.41) is 9.67. The van der Waals surface area contributed by atoms with E-state index in [1.807, 2.05) is 25.1 Å². The molecule has 2 aromatic rings. The molecule has 5 nitrogen and oxygen atoms in total. The van der Waals surface area contributed by atoms with Gasteiger partial charge < -0.3 is 5.32 Å². The lowest BCUT2D eigenvalue weighted by Crippen LogP contribution is -2.03. The van der Waals surface area contributed by atoms with Crippen LogP contribution in [0.5, 0.6) is 0 Å². The third kappa shape index (κ3) is 2.07. The van der Waals surface area contributed by atoms with Crippen LogP contribution in [-0.2, 0) is 6.54 Å². The Hall–Kier alpha value is -1.91. The Balaban J connectivity index is 1.98. The van der Waals surface area contributed by atoms with Gasteiger partial charge >= 0.3 is 0 Å². The van der Waals surface area contributed by atoms with Gasteiger partial charge in [-0.15, -0.1) is 0 Å². The average molecular weight is 189 g/mol. The molecule has 2 rings (SSSR count). The van der Waals surface area contributed by atoms with Gasteiger partial charge in [0.2, 0.25) is 0 Å². The number of hydrogen-bond acceptors (Lipinski definition) is 4. The van der Waals surface area contributed by atoms with Crippen LogP contribution in [0, 0.1) is 6.92 Å². The van der Waals surface area contributed by atoms with E-state index in [-0.39, 0.29) is 0 Å². The zero-order valence-corrected chi connectivity index (χ0v) is 7.86. The predicted octanol–water partition coefficient (Wildman–Crippen LogP) is 1.12. The molecule has 0 bridgehead atoms. The lowest BCUT2D eigenvalue weighted by molar-refractivity contribution is 0.945. The van der Waals surface area contributed by atoms with E-state index in [1.165, 1.54) is 6.33 Å². The fraction of sp³-hybridized carbons (Fsp3) is 0.222. The molecular weight excluding hydrogens is 178 g/mol. The molecular formula is C9H11N5. The maximum Gasteiger partial charge on any atom is 0.143 e. The van der Waals surface area contributed by atoms with Gasteiger partial charge in [-0.05, 0) is 19.1 Å². The van der Waals surface area contributed by atoms with Gasteiger partial charge in [0.05, 0.1) is 6.54 Å². The van der Waals surface area contributed by atoms with Crippen molar-refractivity contribution in [2.75, 3.05) is 5.32 Å². The largest absolute Gasteiger partial charge is 0.363 e. The molecule has 5 heteroatoms. The number of pyridine rings is 1. The van der Waals surface area contributed by atoms with Gasteiger partial charge in [-0.2, -0.15) is 5.10 Å². The highest BCUT2D eigenvalue weighted by Gasteiger charge is 1.96. The third-order valence-corrected chi connectivity index (χ3v) is 1.79. The fourth-order valence-corrected chi connectivity index (χ4v) is 1.13. The molecule has 0 radical (unpaired) electrons. The summed E-state index contributed by atoms with van der Waals surface area (Å²) in [4.78, 5) is 8.30. The van der Waals surface area contributed by atoms with Crippen LogP contribution in [0.1, 0.15) is 11.5 Å². The summed E-state index contributed by atoms with van der Waals surface area (Å²) in [7, 11) is 0. The zero-order chi connectivity index (χ0) is 9.80. The molecule has 72 valence electrons. The number of aryl methyl sites for hydroxylation is 1. The molecule has 0 fully saturated rings. The molecule has 0 aliphatic carbocycles. The van der Waals surface area contributed by atoms with Gasteiger partial charge in [0, 0.05) is 5.69 Å². The predicted molar refractivity (Wildman–Crippen MR) is 52.7 cm³/mol. The number of aromatic amines is 1. The Bertz CT molecular complexity index is 395. The molecule has 0 amide bonds. The second-order valence-electron chi connectivity index (χ2n) is 2.95. The van der Waals surface area contributed by atoms with Gasteiger partial charge in [0.25, 0.3) is 0 Å². The summed E-state index contributed by atoms with van der Waals surface area (Å²) in [6.45, 7) is 2.57. The van der Waals surface area contributed by atoms with Crippen LogP contribution in [0.2, 0.25) is 0 Å². The van der Waals surface area contributed by atoms with Crippen molar-refractivity contribution in [1.29, 1.82) is 0 Å². The molecule has 0 aromatic carbocycles. The second kappa shape index (κ2) is 3.87. The quantitative estimate of drug-likeness (QED) is 0.759. The van der Waals surface area contributed by atoms with Crippen LogP contribution in [0.4, 0.5) is 5.82 Å². The average Bonchev–Trinajstić information content (AvgIpc) is 2.67. The van der Waals surface area contributed by atoms with E-state index < -0.39 is 0 Å². The SMILES string of the molecule is Cc1cccc(NCc2ncn[nH]2)n1. The second-order valence-corrected chi connectivity index (χ2v) is 2.95. The Labute approximate surface area is 81.6 Å². The van der Waals surface area contributed by atoms with Gasteiger partial charge in [0.15, 0.2) is 0 Å². The third-order valence-electron chi connectivity index (χ3n) is 1.79. The summed E-state index contributed by atoms with van der Waals surface area (Å²) < 4.78 is 0. The van der Waals surface area contributed by atoms with Crippen molar-refractivity contribution < 1.29 is 0 Å². The maximum atomic E-state index is 4.30. The first-order valence-corrected chi connectivity index (χ1v) is 4.36. The van der Waals surface area contributed by atoms with E-state index in [0.717, 1.165) is 17.3 Å². The first-order valence-electron chi connectivity index (χ1n) is 4.36. The van der Waals surface area contributed by atoms with Gasteiger partial charge in [0.1, 0.15) is 18.0 Å². The van der Waals surface area contributed by atoms with Gasteiger partial charge in [-0.1, -0.05) is 6.07 Å². The molecule has 0 saturated carbocycles. The number of anilines is 1. The van der Waals surface area contributed by atoms with Crippen molar-refractivity contribution in [1.82, 2.24) is 20.2 Å². The normalized spacial score (nSPS) is 10.1. The molecule has 0 aliphatic rings. The number of nitrogens with one attached hydrogen (secondary N) is 2. The molecule has 14 heavy (non-hydrogen) atoms. The van der Waals surface area contributed by atoms with E-state index >= 15 is 0 Å². The van der Waals surface area contributed by atoms with Crippen molar-refractivity contribution in [2.45, 2.75) is 13.5 Å². The molecule has 0 atom stereocenters. The van der Waals surface area contributed by atoms with Crippen molar-refractivity contribution >= 4 is 5.82 Å². The molecule has 0 spiro atoms. The summed E-state index contributed by atoms with van der Waals surface area (Å²) >= 11 is 0. The highest BCUT2D eigenvalue weighted by atomic mass is 15.2. The maximum absolute atomic E-state index is 4.30. The minimum atomic E-state index is 0.608. The van der Waals surface area contributed by atoms with Crippen molar-refractivity contribution in [3.05, 3.63) is 36.0 Å². The Morgan fingerprint density at radius 3 is 3.07 bits per heavy atom. The topological polar surface area (TPSA) is 66.5 Å². The van der Waals surface area contributed by atoms with Crippen LogP contribution < -0.4 is 5.32 Å². The molecule has 2 heterocycles.